The minimum absolute atomic E-state index is 0.103. The number of hydrogen-bond donors (Lipinski definition) is 0. The number of ether oxygens (including phenoxy) is 2. The van der Waals surface area contributed by atoms with Gasteiger partial charge in [0.25, 0.3) is 0 Å². The summed E-state index contributed by atoms with van der Waals surface area (Å²) in [5.41, 5.74) is 2.19. The van der Waals surface area contributed by atoms with Gasteiger partial charge in [0, 0.05) is 63.3 Å². The number of hydrogen-bond acceptors (Lipinski definition) is 5. The van der Waals surface area contributed by atoms with Gasteiger partial charge in [-0.3, -0.25) is 0 Å². The van der Waals surface area contributed by atoms with Gasteiger partial charge in [-0.05, 0) is 12.8 Å². The van der Waals surface area contributed by atoms with Crippen LogP contribution in [0.3, 0.4) is 0 Å². The lowest BCUT2D eigenvalue weighted by atomic mass is 10.1. The number of urea groups is 1. The zero-order chi connectivity index (χ0) is 19.5. The van der Waals surface area contributed by atoms with Crippen LogP contribution in [0.5, 0.6) is 5.88 Å². The summed E-state index contributed by atoms with van der Waals surface area (Å²) in [5, 5.41) is 0. The Morgan fingerprint density at radius 1 is 1.04 bits per heavy atom. The van der Waals surface area contributed by atoms with Crippen LogP contribution in [0, 0.1) is 0 Å². The molecule has 0 unspecified atom stereocenters. The number of rotatable bonds is 3. The quantitative estimate of drug-likeness (QED) is 0.796. The van der Waals surface area contributed by atoms with Gasteiger partial charge in [-0.1, -0.05) is 13.8 Å². The first-order valence-corrected chi connectivity index (χ1v) is 10.8. The number of nitrogens with zero attached hydrogens (tertiary/aromatic N) is 4. The smallest absolute Gasteiger partial charge is 0.320 e. The molecule has 3 aliphatic rings. The highest BCUT2D eigenvalue weighted by atomic mass is 16.5. The second-order valence-corrected chi connectivity index (χ2v) is 8.36. The fourth-order valence-corrected chi connectivity index (χ4v) is 4.22. The summed E-state index contributed by atoms with van der Waals surface area (Å²) in [6, 6.07) is 0.200. The average molecular weight is 389 g/mol. The molecule has 0 N–H and O–H groups in total. The van der Waals surface area contributed by atoms with E-state index in [1.54, 1.807) is 0 Å². The third-order valence-electron chi connectivity index (χ3n) is 5.94. The molecule has 1 aromatic rings. The van der Waals surface area contributed by atoms with Gasteiger partial charge in [-0.25, -0.2) is 9.78 Å². The first kappa shape index (κ1) is 19.4. The van der Waals surface area contributed by atoms with Crippen LogP contribution in [0.1, 0.15) is 62.5 Å². The zero-order valence-corrected chi connectivity index (χ0v) is 17.2. The molecule has 0 aliphatic carbocycles. The van der Waals surface area contributed by atoms with Crippen LogP contribution in [0.4, 0.5) is 4.79 Å². The van der Waals surface area contributed by atoms with E-state index in [-0.39, 0.29) is 18.1 Å². The number of likely N-dealkylation sites (tertiary alicyclic amines) is 2. The summed E-state index contributed by atoms with van der Waals surface area (Å²) in [6.45, 7) is 8.95. The van der Waals surface area contributed by atoms with Crippen molar-refractivity contribution < 1.29 is 14.3 Å². The second-order valence-electron chi connectivity index (χ2n) is 8.36. The van der Waals surface area contributed by atoms with Crippen molar-refractivity contribution in [2.24, 2.45) is 0 Å². The molecule has 2 saturated heterocycles. The molecule has 0 radical (unpaired) electrons. The molecule has 154 valence electrons. The maximum absolute atomic E-state index is 12.6. The van der Waals surface area contributed by atoms with Crippen molar-refractivity contribution >= 4 is 6.03 Å². The topological polar surface area (TPSA) is 67.8 Å². The van der Waals surface area contributed by atoms with Crippen LogP contribution in [-0.4, -0.2) is 71.3 Å². The van der Waals surface area contributed by atoms with E-state index in [1.165, 1.54) is 0 Å². The van der Waals surface area contributed by atoms with E-state index in [4.69, 9.17) is 19.4 Å². The van der Waals surface area contributed by atoms with Crippen LogP contribution >= 0.6 is 0 Å². The Kier molecular flexibility index (Phi) is 5.99. The molecule has 7 nitrogen and oxygen atoms in total. The zero-order valence-electron chi connectivity index (χ0n) is 17.2. The van der Waals surface area contributed by atoms with Crippen molar-refractivity contribution in [1.82, 2.24) is 19.8 Å². The van der Waals surface area contributed by atoms with Gasteiger partial charge in [-0.2, -0.15) is 4.98 Å². The van der Waals surface area contributed by atoms with Gasteiger partial charge in [0.2, 0.25) is 5.88 Å². The standard InChI is InChI=1S/C21H32N4O3/c1-15(2)19-22-18-8-14-27-13-7-17(18)20(23-19)28-16-5-11-25(12-6-16)21(26)24-9-3-4-10-24/h15-16H,3-14H2,1-2H3. The molecule has 1 aromatic heterocycles. The summed E-state index contributed by atoms with van der Waals surface area (Å²) in [4.78, 5) is 26.1. The summed E-state index contributed by atoms with van der Waals surface area (Å²) in [7, 11) is 0. The molecule has 3 aliphatic heterocycles. The molecule has 7 heteroatoms. The van der Waals surface area contributed by atoms with Crippen molar-refractivity contribution in [3.05, 3.63) is 17.1 Å². The highest BCUT2D eigenvalue weighted by Gasteiger charge is 2.29. The Morgan fingerprint density at radius 2 is 1.71 bits per heavy atom. The predicted molar refractivity (Wildman–Crippen MR) is 106 cm³/mol. The lowest BCUT2D eigenvalue weighted by molar-refractivity contribution is 0.0939. The summed E-state index contributed by atoms with van der Waals surface area (Å²) in [6.07, 6.45) is 5.69. The normalized spacial score (nSPS) is 21.0. The summed E-state index contributed by atoms with van der Waals surface area (Å²) < 4.78 is 12.0. The number of fused-ring (bicyclic) bond motifs is 1. The summed E-state index contributed by atoms with van der Waals surface area (Å²) >= 11 is 0. The van der Waals surface area contributed by atoms with Gasteiger partial charge in [0.05, 0.1) is 18.9 Å². The fraction of sp³-hybridized carbons (Fsp3) is 0.762. The third-order valence-corrected chi connectivity index (χ3v) is 5.94. The SMILES string of the molecule is CC(C)c1nc2c(c(OC3CCN(C(=O)N4CCCC4)CC3)n1)CCOCC2. The van der Waals surface area contributed by atoms with E-state index in [1.807, 2.05) is 9.80 Å². The number of piperidine rings is 1. The van der Waals surface area contributed by atoms with Crippen LogP contribution in [0.25, 0.3) is 0 Å². The van der Waals surface area contributed by atoms with E-state index in [0.29, 0.717) is 13.2 Å². The molecule has 0 aromatic carbocycles. The van der Waals surface area contributed by atoms with Crippen molar-refractivity contribution in [2.75, 3.05) is 39.4 Å². The van der Waals surface area contributed by atoms with Crippen molar-refractivity contribution in [1.29, 1.82) is 0 Å². The predicted octanol–water partition coefficient (Wildman–Crippen LogP) is 2.77. The number of amides is 2. The van der Waals surface area contributed by atoms with Crippen molar-refractivity contribution in [2.45, 2.75) is 64.4 Å². The van der Waals surface area contributed by atoms with Crippen molar-refractivity contribution in [3.8, 4) is 5.88 Å². The van der Waals surface area contributed by atoms with Crippen LogP contribution < -0.4 is 4.74 Å². The Morgan fingerprint density at radius 3 is 2.43 bits per heavy atom. The molecule has 4 heterocycles. The molecule has 2 fully saturated rings. The first-order valence-electron chi connectivity index (χ1n) is 10.8. The number of aromatic nitrogens is 2. The molecule has 0 saturated carbocycles. The first-order chi connectivity index (χ1) is 13.6. The van der Waals surface area contributed by atoms with E-state index in [0.717, 1.165) is 87.7 Å². The minimum Gasteiger partial charge on any atom is -0.474 e. The van der Waals surface area contributed by atoms with Gasteiger partial charge in [0.1, 0.15) is 11.9 Å². The Balaban J connectivity index is 1.43. The lowest BCUT2D eigenvalue weighted by Crippen LogP contribution is -2.47. The third kappa shape index (κ3) is 4.24. The number of carbonyl (C=O) groups is 1. The largest absolute Gasteiger partial charge is 0.474 e. The van der Waals surface area contributed by atoms with Crippen LogP contribution in [0.2, 0.25) is 0 Å². The van der Waals surface area contributed by atoms with Crippen LogP contribution in [-0.2, 0) is 17.6 Å². The maximum Gasteiger partial charge on any atom is 0.320 e. The fourth-order valence-electron chi connectivity index (χ4n) is 4.22. The monoisotopic (exact) mass is 388 g/mol. The van der Waals surface area contributed by atoms with Gasteiger partial charge in [0.15, 0.2) is 0 Å². The molecular weight excluding hydrogens is 356 g/mol. The van der Waals surface area contributed by atoms with E-state index >= 15 is 0 Å². The Bertz CT molecular complexity index is 695. The number of carbonyl (C=O) groups excluding carboxylic acids is 1. The average Bonchev–Trinajstić information content (AvgIpc) is 3.13. The minimum atomic E-state index is 0.103. The molecule has 28 heavy (non-hydrogen) atoms. The van der Waals surface area contributed by atoms with Crippen molar-refractivity contribution in [3.63, 3.8) is 0 Å². The Hall–Kier alpha value is -1.89. The lowest BCUT2D eigenvalue weighted by Gasteiger charge is -2.34. The van der Waals surface area contributed by atoms with Gasteiger partial charge < -0.3 is 19.3 Å². The van der Waals surface area contributed by atoms with E-state index in [2.05, 4.69) is 13.8 Å². The molecule has 0 spiro atoms. The van der Waals surface area contributed by atoms with Gasteiger partial charge in [-0.15, -0.1) is 0 Å². The highest BCUT2D eigenvalue weighted by molar-refractivity contribution is 5.74. The summed E-state index contributed by atoms with van der Waals surface area (Å²) in [5.74, 6) is 1.84. The second kappa shape index (κ2) is 8.64. The molecule has 4 rings (SSSR count). The highest BCUT2D eigenvalue weighted by Crippen LogP contribution is 2.28. The Labute approximate surface area is 167 Å². The molecule has 0 atom stereocenters. The van der Waals surface area contributed by atoms with E-state index < -0.39 is 0 Å². The molecular formula is C21H32N4O3. The van der Waals surface area contributed by atoms with Gasteiger partial charge >= 0.3 is 6.03 Å². The van der Waals surface area contributed by atoms with Crippen LogP contribution in [0.15, 0.2) is 0 Å². The van der Waals surface area contributed by atoms with E-state index in [9.17, 15) is 4.79 Å². The maximum atomic E-state index is 12.6. The molecule has 2 amide bonds. The molecule has 0 bridgehead atoms.